The number of methoxy groups -OCH3 is 2. The summed E-state index contributed by atoms with van der Waals surface area (Å²) in [4.78, 5) is 131. The minimum absolute atomic E-state index is 0. The third-order valence-corrected chi connectivity index (χ3v) is 26.5. The number of aryl methyl sites for hydroxylation is 1. The molecule has 26 nitrogen and oxygen atoms in total. The summed E-state index contributed by atoms with van der Waals surface area (Å²) in [6, 6.07) is 8.69. The third-order valence-electron chi connectivity index (χ3n) is 22.0. The number of thiazole rings is 2. The number of sulfone groups is 1. The number of carbonyl (C=O) groups excluding carboxylic acids is 7. The minimum atomic E-state index is -3.58. The van der Waals surface area contributed by atoms with Crippen LogP contribution in [0.15, 0.2) is 76.4 Å². The van der Waals surface area contributed by atoms with E-state index in [1.54, 1.807) is 77.3 Å². The van der Waals surface area contributed by atoms with Crippen LogP contribution in [0.1, 0.15) is 185 Å². The number of hydrogen-bond acceptors (Lipinski definition) is 21. The van der Waals surface area contributed by atoms with E-state index in [9.17, 15) is 51.9 Å². The van der Waals surface area contributed by atoms with Crippen LogP contribution in [-0.4, -0.2) is 177 Å². The Morgan fingerprint density at radius 1 is 0.788 bits per heavy atom. The highest BCUT2D eigenvalue weighted by Crippen LogP contribution is 2.50. The molecule has 616 valence electrons. The summed E-state index contributed by atoms with van der Waals surface area (Å²) in [5.74, 6) is -4.17. The standard InChI is InChI=1S/C40H49BrN6O9S.C39H48N4O7S2.4CH4/c1-8-21-17-40(21,36(51)52)46-34(49)27-15-23(18-47(27)35(50)32(39(4,5)6)44-38(53)56-22-11-9-10-12-22)55-29-16-25(26-19-57-37(43-26)45-33(48)20(2)3)42-31-24(29)13-14-28(54-7)30(31)41;1-22(2)31-20-51-37(41-31)30-18-33(27-13-14-32(49-5)23(3)35(27)40-30)50-25-16-28-29(17-25)38(46)43(4)15-9-7-6-8-10-24-19-39(24,42-36(28)45)34(44)21-52(47,48)26-11-12-26;;;;/h8,13-14,16,19-23,27,32H,1,9-12,15,17-18H2,2-7H3,(H,44,53)(H,46,49)(H,51,52)(H,43,45,48);8,10,13-14,18,20,22,24-26,28-29H,6-7,9,11-12,15-17,19,21H2,1-5H3,(H,42,45);4*1H4/b;10-8-;;;;/t21-,23-,27+,32-,40-;24-,25-,28-,29-,39-;;;;/m11..../s1. The maximum Gasteiger partial charge on any atom is 0.408 e. The Bertz CT molecular complexity index is 4700. The number of benzene rings is 2. The zero-order valence-corrected chi connectivity index (χ0v) is 67.4. The quantitative estimate of drug-likeness (QED) is 0.0394. The van der Waals surface area contributed by atoms with Crippen molar-refractivity contribution in [3.05, 3.63) is 87.7 Å². The van der Waals surface area contributed by atoms with Gasteiger partial charge >= 0.3 is 12.1 Å². The Morgan fingerprint density at radius 2 is 1.43 bits per heavy atom. The van der Waals surface area contributed by atoms with E-state index in [2.05, 4.69) is 62.6 Å². The molecule has 2 aromatic carbocycles. The molecule has 5 aliphatic carbocycles. The largest absolute Gasteiger partial charge is 0.496 e. The predicted molar refractivity (Wildman–Crippen MR) is 444 cm³/mol. The number of carboxylic acids is 1. The van der Waals surface area contributed by atoms with E-state index in [1.165, 1.54) is 40.8 Å². The normalized spacial score (nSPS) is 24.0. The Kier molecular flexibility index (Phi) is 29.0. The van der Waals surface area contributed by atoms with E-state index in [4.69, 9.17) is 38.6 Å². The lowest BCUT2D eigenvalue weighted by molar-refractivity contribution is -0.146. The molecule has 0 bridgehead atoms. The maximum atomic E-state index is 14.6. The van der Waals surface area contributed by atoms with Gasteiger partial charge in [0.25, 0.3) is 0 Å². The smallest absolute Gasteiger partial charge is 0.408 e. The first-order chi connectivity index (χ1) is 51.8. The molecule has 0 spiro atoms. The minimum Gasteiger partial charge on any atom is -0.496 e. The van der Waals surface area contributed by atoms with Gasteiger partial charge in [0.05, 0.1) is 64.7 Å². The number of Topliss-reactive ketones (excluding diaryl/α,β-unsaturated/α-hetero) is 1. The number of hydrogen-bond donors (Lipinski definition) is 5. The van der Waals surface area contributed by atoms with Crippen LogP contribution in [0.5, 0.6) is 23.0 Å². The lowest BCUT2D eigenvalue weighted by atomic mass is 9.85. The van der Waals surface area contributed by atoms with E-state index in [0.29, 0.717) is 98.3 Å². The lowest BCUT2D eigenvalue weighted by Gasteiger charge is -2.35. The Labute approximate surface area is 680 Å². The maximum absolute atomic E-state index is 14.6. The number of nitrogens with zero attached hydrogens (tertiary/aromatic N) is 6. The van der Waals surface area contributed by atoms with E-state index in [-0.39, 0.29) is 91.2 Å². The highest BCUT2D eigenvalue weighted by molar-refractivity contribution is 9.10. The number of rotatable bonds is 22. The fourth-order valence-electron chi connectivity index (χ4n) is 15.1. The van der Waals surface area contributed by atoms with Gasteiger partial charge in [0.2, 0.25) is 29.5 Å². The van der Waals surface area contributed by atoms with Crippen molar-refractivity contribution in [3.8, 4) is 45.1 Å². The van der Waals surface area contributed by atoms with E-state index < -0.39 is 115 Å². The first-order valence-corrected chi connectivity index (χ1v) is 41.7. The highest BCUT2D eigenvalue weighted by Gasteiger charge is 2.63. The summed E-state index contributed by atoms with van der Waals surface area (Å²) in [7, 11) is 1.35. The van der Waals surface area contributed by atoms with E-state index in [0.717, 1.165) is 66.6 Å². The van der Waals surface area contributed by atoms with Gasteiger partial charge < -0.3 is 59.9 Å². The van der Waals surface area contributed by atoms with E-state index in [1.807, 2.05) is 42.7 Å². The molecule has 0 unspecified atom stereocenters. The van der Waals surface area contributed by atoms with Gasteiger partial charge in [-0.3, -0.25) is 28.8 Å². The van der Waals surface area contributed by atoms with Crippen LogP contribution in [-0.2, 0) is 48.1 Å². The fraction of sp³-hybridized carbons (Fsp3) is 0.566. The molecule has 6 heterocycles. The monoisotopic (exact) mass is 1680 g/mol. The van der Waals surface area contributed by atoms with Gasteiger partial charge in [-0.25, -0.2) is 37.9 Å². The zero-order valence-electron chi connectivity index (χ0n) is 63.4. The second-order valence-electron chi connectivity index (χ2n) is 31.6. The number of likely N-dealkylation sites (tertiary alicyclic amines) is 1. The molecular weight excluding hydrogens is 1570 g/mol. The SMILES string of the molecule is C.C.C.C.C=C[C@@H]1C[C@]1(NC(=O)[C@@H]1C[C@@H](Oc2cc(-c3csc(NC(=O)C(C)C)n3)nc3c(Br)c(OC)ccc23)CN1C(=O)[C@@H](NC(=O)OC1CCCC1)C(C)(C)C)C(=O)O.COc1ccc2c(O[C@@H]3C[C@H]4C(=O)N[C@]5(C(=O)CS(=O)(=O)C6CC6)C[C@H]5/C=C\CCCCN(C)C(=O)[C@@H]4C3)cc(-c3nc(C(C)C)cs3)nc2c1C. The molecule has 7 aliphatic rings. The number of fused-ring (bicyclic) bond motifs is 4. The van der Waals surface area contributed by atoms with Crippen LogP contribution in [0, 0.1) is 41.9 Å². The number of carbonyl (C=O) groups is 8. The number of aromatic nitrogens is 4. The molecule has 5 saturated carbocycles. The van der Waals surface area contributed by atoms with Crippen molar-refractivity contribution in [3.63, 3.8) is 0 Å². The molecule has 2 aliphatic heterocycles. The first-order valence-electron chi connectivity index (χ1n) is 37.4. The number of allylic oxidation sites excluding steroid dienone is 1. The lowest BCUT2D eigenvalue weighted by Crippen LogP contribution is -2.59. The van der Waals surface area contributed by atoms with Crippen molar-refractivity contribution in [2.75, 3.05) is 45.4 Å². The summed E-state index contributed by atoms with van der Waals surface area (Å²) in [5, 5.41) is 27.3. The number of ether oxygens (including phenoxy) is 5. The molecule has 13 rings (SSSR count). The van der Waals surface area contributed by atoms with Gasteiger partial charge in [0, 0.05) is 77.0 Å². The van der Waals surface area contributed by atoms with Crippen LogP contribution in [0.25, 0.3) is 43.9 Å². The van der Waals surface area contributed by atoms with Crippen LogP contribution >= 0.6 is 38.6 Å². The number of carboxylic acid groups (broad SMARTS) is 1. The number of aliphatic carboxylic acids is 1. The van der Waals surface area contributed by atoms with Gasteiger partial charge in [-0.2, -0.15) is 0 Å². The van der Waals surface area contributed by atoms with Crippen molar-refractivity contribution in [1.29, 1.82) is 0 Å². The number of ketones is 1. The number of amides is 6. The molecule has 30 heteroatoms. The zero-order chi connectivity index (χ0) is 78.3. The number of halogens is 1. The van der Waals surface area contributed by atoms with Gasteiger partial charge in [-0.15, -0.1) is 29.3 Å². The molecule has 1 saturated heterocycles. The second-order valence-corrected chi connectivity index (χ2v) is 36.3. The predicted octanol–water partition coefficient (Wildman–Crippen LogP) is 14.6. The summed E-state index contributed by atoms with van der Waals surface area (Å²) in [6.45, 7) is 19.4. The third kappa shape index (κ3) is 19.5. The molecular formula is C83H113BrN10O16S3. The molecule has 4 aromatic heterocycles. The number of alkyl carbamates (subject to hydrolysis) is 1. The van der Waals surface area contributed by atoms with Crippen molar-refractivity contribution in [1.82, 2.24) is 45.7 Å². The van der Waals surface area contributed by atoms with Crippen molar-refractivity contribution < 1.29 is 75.6 Å². The molecule has 0 radical (unpaired) electrons. The highest BCUT2D eigenvalue weighted by atomic mass is 79.9. The molecule has 6 fully saturated rings. The summed E-state index contributed by atoms with van der Waals surface area (Å²) in [5.41, 5.74) is 0.984. The van der Waals surface area contributed by atoms with Gasteiger partial charge in [0.15, 0.2) is 20.8 Å². The number of pyridine rings is 2. The van der Waals surface area contributed by atoms with Crippen LogP contribution in [0.2, 0.25) is 0 Å². The summed E-state index contributed by atoms with van der Waals surface area (Å²) >= 11 is 6.39. The average molecular weight is 1680 g/mol. The molecule has 5 N–H and O–H groups in total. The van der Waals surface area contributed by atoms with E-state index >= 15 is 0 Å². The summed E-state index contributed by atoms with van der Waals surface area (Å²) < 4.78 is 56.6. The fourth-order valence-corrected chi connectivity index (χ4v) is 19.0. The second kappa shape index (κ2) is 36.5. The Balaban J connectivity index is 0.000000274. The molecule has 10 atom stereocenters. The molecule has 6 amide bonds. The van der Waals surface area contributed by atoms with Gasteiger partial charge in [-0.1, -0.05) is 96.4 Å². The van der Waals surface area contributed by atoms with Gasteiger partial charge in [0.1, 0.15) is 86.6 Å². The molecule has 6 aromatic rings. The van der Waals surface area contributed by atoms with Crippen molar-refractivity contribution in [2.45, 2.75) is 228 Å². The number of nitrogens with one attached hydrogen (secondary N) is 4. The average Bonchev–Trinajstić information content (AvgIpc) is 1.59. The molecule has 113 heavy (non-hydrogen) atoms. The Morgan fingerprint density at radius 3 is 2.05 bits per heavy atom. The van der Waals surface area contributed by atoms with Crippen LogP contribution in [0.3, 0.4) is 0 Å². The van der Waals surface area contributed by atoms with Crippen molar-refractivity contribution in [2.24, 2.45) is 35.0 Å². The topological polar surface area (TPSA) is 343 Å². The number of anilines is 1. The van der Waals surface area contributed by atoms with Gasteiger partial charge in [-0.05, 0) is 142 Å². The van der Waals surface area contributed by atoms with Crippen LogP contribution < -0.4 is 40.2 Å². The Hall–Kier alpha value is -8.61. The first kappa shape index (κ1) is 89.9. The van der Waals surface area contributed by atoms with Crippen LogP contribution in [0.4, 0.5) is 9.93 Å². The summed E-state index contributed by atoms with van der Waals surface area (Å²) in [6.07, 6.45) is 11.3. The van der Waals surface area contributed by atoms with Crippen molar-refractivity contribution >= 4 is 123 Å².